The molecule has 2 heterocycles. The number of morpholine rings is 1. The minimum absolute atomic E-state index is 0.239. The Kier molecular flexibility index (Phi) is 7.10. The van der Waals surface area contributed by atoms with Crippen LogP contribution < -0.4 is 15.1 Å². The molecule has 2 N–H and O–H groups in total. The molecule has 0 bridgehead atoms. The summed E-state index contributed by atoms with van der Waals surface area (Å²) in [5.41, 5.74) is 2.63. The highest BCUT2D eigenvalue weighted by Gasteiger charge is 2.64. The molecule has 4 rings (SSSR count). The van der Waals surface area contributed by atoms with Gasteiger partial charge in [0.15, 0.2) is 0 Å². The zero-order valence-corrected chi connectivity index (χ0v) is 18.7. The quantitative estimate of drug-likeness (QED) is 0.336. The van der Waals surface area contributed by atoms with Crippen molar-refractivity contribution in [1.29, 1.82) is 0 Å². The summed E-state index contributed by atoms with van der Waals surface area (Å²) in [5.74, 6) is 0.0633. The third-order valence-electron chi connectivity index (χ3n) is 6.18. The van der Waals surface area contributed by atoms with Gasteiger partial charge >= 0.3 is 5.97 Å². The number of aromatic nitrogens is 1. The molecule has 1 aromatic carbocycles. The fourth-order valence-corrected chi connectivity index (χ4v) is 4.25. The van der Waals surface area contributed by atoms with Crippen molar-refractivity contribution < 1.29 is 29.0 Å². The lowest BCUT2D eigenvalue weighted by Crippen LogP contribution is -2.36. The van der Waals surface area contributed by atoms with Gasteiger partial charge in [0.25, 0.3) is 0 Å². The highest BCUT2D eigenvalue weighted by Crippen LogP contribution is 2.55. The Labute approximate surface area is 192 Å². The first kappa shape index (κ1) is 23.0. The summed E-state index contributed by atoms with van der Waals surface area (Å²) in [7, 11) is 0. The third-order valence-corrected chi connectivity index (χ3v) is 6.18. The molecule has 1 aliphatic carbocycles. The number of hydrogen-bond acceptors (Lipinski definition) is 8. The predicted molar refractivity (Wildman–Crippen MR) is 119 cm³/mol. The van der Waals surface area contributed by atoms with Crippen molar-refractivity contribution in [3.05, 3.63) is 53.7 Å². The standard InChI is InChI=1S/C24H29N3O6/c1-2-32-23(29)24(15-20(24)22(28)26-30)14-17-3-5-19(6-4-17)33-16-18-7-8-25-21(13-18)27-9-11-31-12-10-27/h3-8,13,20,30H,2,9-12,14-16H2,1H3,(H,26,28). The smallest absolute Gasteiger partial charge is 0.313 e. The Morgan fingerprint density at radius 2 is 1.97 bits per heavy atom. The number of carbonyl (C=O) groups excluding carboxylic acids is 2. The van der Waals surface area contributed by atoms with Gasteiger partial charge in [-0.3, -0.25) is 14.8 Å². The second kappa shape index (κ2) is 10.2. The van der Waals surface area contributed by atoms with E-state index in [2.05, 4.69) is 9.88 Å². The number of nitrogens with zero attached hydrogens (tertiary/aromatic N) is 2. The highest BCUT2D eigenvalue weighted by atomic mass is 16.5. The van der Waals surface area contributed by atoms with Crippen molar-refractivity contribution in [2.24, 2.45) is 11.3 Å². The molecule has 2 aromatic rings. The molecule has 1 aliphatic heterocycles. The number of ether oxygens (including phenoxy) is 3. The maximum absolute atomic E-state index is 12.5. The predicted octanol–water partition coefficient (Wildman–Crippen LogP) is 2.11. The van der Waals surface area contributed by atoms with Crippen molar-refractivity contribution in [3.63, 3.8) is 0 Å². The van der Waals surface area contributed by atoms with E-state index in [9.17, 15) is 9.59 Å². The van der Waals surface area contributed by atoms with Crippen LogP contribution in [0.2, 0.25) is 0 Å². The van der Waals surface area contributed by atoms with Crippen LogP contribution in [0.3, 0.4) is 0 Å². The summed E-state index contributed by atoms with van der Waals surface area (Å²) in [4.78, 5) is 31.0. The number of carbonyl (C=O) groups is 2. The van der Waals surface area contributed by atoms with Crippen LogP contribution in [0.4, 0.5) is 5.82 Å². The summed E-state index contributed by atoms with van der Waals surface area (Å²) >= 11 is 0. The van der Waals surface area contributed by atoms with Gasteiger partial charge in [-0.1, -0.05) is 12.1 Å². The Balaban J connectivity index is 1.36. The van der Waals surface area contributed by atoms with E-state index in [4.69, 9.17) is 19.4 Å². The van der Waals surface area contributed by atoms with Crippen LogP contribution in [0.25, 0.3) is 0 Å². The zero-order valence-electron chi connectivity index (χ0n) is 18.7. The summed E-state index contributed by atoms with van der Waals surface area (Å²) < 4.78 is 16.5. The summed E-state index contributed by atoms with van der Waals surface area (Å²) in [5, 5.41) is 8.96. The molecule has 176 valence electrons. The van der Waals surface area contributed by atoms with Crippen LogP contribution in [-0.2, 0) is 32.1 Å². The Bertz CT molecular complexity index is 976. The van der Waals surface area contributed by atoms with Gasteiger partial charge in [-0.25, -0.2) is 10.5 Å². The number of esters is 1. The molecule has 2 fully saturated rings. The lowest BCUT2D eigenvalue weighted by atomic mass is 9.93. The first-order valence-electron chi connectivity index (χ1n) is 11.2. The van der Waals surface area contributed by atoms with Crippen molar-refractivity contribution >= 4 is 17.7 Å². The van der Waals surface area contributed by atoms with E-state index in [0.29, 0.717) is 38.4 Å². The topological polar surface area (TPSA) is 110 Å². The van der Waals surface area contributed by atoms with E-state index >= 15 is 0 Å². The number of hydroxylamine groups is 1. The lowest BCUT2D eigenvalue weighted by Gasteiger charge is -2.28. The molecule has 33 heavy (non-hydrogen) atoms. The molecule has 0 spiro atoms. The molecular formula is C24H29N3O6. The summed E-state index contributed by atoms with van der Waals surface area (Å²) in [6.07, 6.45) is 2.50. The van der Waals surface area contributed by atoms with Crippen molar-refractivity contribution in [2.45, 2.75) is 26.4 Å². The molecule has 9 nitrogen and oxygen atoms in total. The average Bonchev–Trinajstić information content (AvgIpc) is 3.59. The number of benzene rings is 1. The molecule has 0 radical (unpaired) electrons. The van der Waals surface area contributed by atoms with Crippen LogP contribution in [0.1, 0.15) is 24.5 Å². The minimum atomic E-state index is -0.932. The van der Waals surface area contributed by atoms with E-state index in [0.717, 1.165) is 30.0 Å². The second-order valence-electron chi connectivity index (χ2n) is 8.34. The molecule has 2 atom stereocenters. The number of pyridine rings is 1. The number of hydrogen-bond donors (Lipinski definition) is 2. The van der Waals surface area contributed by atoms with Crippen LogP contribution in [0, 0.1) is 11.3 Å². The second-order valence-corrected chi connectivity index (χ2v) is 8.34. The maximum atomic E-state index is 12.5. The van der Waals surface area contributed by atoms with Crippen molar-refractivity contribution in [1.82, 2.24) is 10.5 Å². The average molecular weight is 456 g/mol. The molecule has 1 saturated carbocycles. The molecule has 1 saturated heterocycles. The fraction of sp³-hybridized carbons (Fsp3) is 0.458. The van der Waals surface area contributed by atoms with Crippen LogP contribution in [0.5, 0.6) is 5.75 Å². The monoisotopic (exact) mass is 455 g/mol. The van der Waals surface area contributed by atoms with Gasteiger partial charge in [-0.15, -0.1) is 0 Å². The Morgan fingerprint density at radius 3 is 2.67 bits per heavy atom. The number of rotatable bonds is 9. The summed E-state index contributed by atoms with van der Waals surface area (Å²) in [6.45, 7) is 5.44. The fourth-order valence-electron chi connectivity index (χ4n) is 4.25. The molecular weight excluding hydrogens is 426 g/mol. The first-order chi connectivity index (χ1) is 16.1. The van der Waals surface area contributed by atoms with E-state index in [-0.39, 0.29) is 6.61 Å². The van der Waals surface area contributed by atoms with E-state index in [1.54, 1.807) is 18.6 Å². The summed E-state index contributed by atoms with van der Waals surface area (Å²) in [6, 6.07) is 11.4. The Morgan fingerprint density at radius 1 is 1.21 bits per heavy atom. The highest BCUT2D eigenvalue weighted by molar-refractivity contribution is 5.93. The first-order valence-corrected chi connectivity index (χ1v) is 11.2. The van der Waals surface area contributed by atoms with Crippen LogP contribution in [0.15, 0.2) is 42.6 Å². The van der Waals surface area contributed by atoms with E-state index < -0.39 is 23.2 Å². The Hall–Kier alpha value is -3.17. The van der Waals surface area contributed by atoms with Crippen LogP contribution >= 0.6 is 0 Å². The van der Waals surface area contributed by atoms with Gasteiger partial charge in [-0.2, -0.15) is 0 Å². The third kappa shape index (κ3) is 5.26. The van der Waals surface area contributed by atoms with Gasteiger partial charge in [0.2, 0.25) is 5.91 Å². The van der Waals surface area contributed by atoms with Gasteiger partial charge in [0.1, 0.15) is 18.2 Å². The largest absolute Gasteiger partial charge is 0.489 e. The lowest BCUT2D eigenvalue weighted by molar-refractivity contribution is -0.152. The zero-order chi connectivity index (χ0) is 23.3. The molecule has 2 unspecified atom stereocenters. The number of nitrogens with one attached hydrogen (secondary N) is 1. The molecule has 1 aromatic heterocycles. The SMILES string of the molecule is CCOC(=O)C1(Cc2ccc(OCc3ccnc(N4CCOCC4)c3)cc2)CC1C(=O)NO. The minimum Gasteiger partial charge on any atom is -0.489 e. The van der Waals surface area contributed by atoms with Gasteiger partial charge in [0.05, 0.1) is 31.2 Å². The molecule has 9 heteroatoms. The normalized spacial score (nSPS) is 21.9. The van der Waals surface area contributed by atoms with Crippen molar-refractivity contribution in [3.8, 4) is 5.75 Å². The van der Waals surface area contributed by atoms with E-state index in [1.165, 1.54) is 0 Å². The van der Waals surface area contributed by atoms with Gasteiger partial charge in [-0.05, 0) is 55.2 Å². The molecule has 1 amide bonds. The number of anilines is 1. The maximum Gasteiger partial charge on any atom is 0.313 e. The van der Waals surface area contributed by atoms with Crippen molar-refractivity contribution in [2.75, 3.05) is 37.8 Å². The number of amides is 1. The van der Waals surface area contributed by atoms with Gasteiger partial charge < -0.3 is 19.1 Å². The van der Waals surface area contributed by atoms with E-state index in [1.807, 2.05) is 36.4 Å². The van der Waals surface area contributed by atoms with Crippen LogP contribution in [-0.4, -0.2) is 55.0 Å². The molecule has 2 aliphatic rings. The van der Waals surface area contributed by atoms with Gasteiger partial charge in [0, 0.05) is 19.3 Å².